The van der Waals surface area contributed by atoms with Crippen LogP contribution in [0.3, 0.4) is 0 Å². The first-order valence-electron chi connectivity index (χ1n) is 6.12. The second-order valence-electron chi connectivity index (χ2n) is 4.51. The van der Waals surface area contributed by atoms with Crippen molar-refractivity contribution in [2.75, 3.05) is 26.2 Å². The van der Waals surface area contributed by atoms with E-state index in [1.54, 1.807) is 0 Å². The van der Waals surface area contributed by atoms with Crippen molar-refractivity contribution in [2.45, 2.75) is 38.1 Å². The third-order valence-corrected chi connectivity index (χ3v) is 3.37. The van der Waals surface area contributed by atoms with Gasteiger partial charge in [-0.1, -0.05) is 19.3 Å². The lowest BCUT2D eigenvalue weighted by atomic mass is 9.95. The lowest BCUT2D eigenvalue weighted by molar-refractivity contribution is 0.216. The van der Waals surface area contributed by atoms with E-state index in [0.29, 0.717) is 6.04 Å². The minimum absolute atomic E-state index is 0.0976. The molecule has 0 bridgehead atoms. The van der Waals surface area contributed by atoms with E-state index < -0.39 is 0 Å². The summed E-state index contributed by atoms with van der Waals surface area (Å²) in [5, 5.41) is 6.36. The number of nitrogens with zero attached hydrogens (tertiary/aromatic N) is 1. The Labute approximate surface area is 91.4 Å². The molecule has 1 saturated heterocycles. The summed E-state index contributed by atoms with van der Waals surface area (Å²) in [6.45, 7) is 3.47. The molecule has 0 aromatic carbocycles. The van der Waals surface area contributed by atoms with E-state index in [-0.39, 0.29) is 6.03 Å². The Morgan fingerprint density at radius 2 is 2.13 bits per heavy atom. The Morgan fingerprint density at radius 1 is 1.33 bits per heavy atom. The number of urea groups is 1. The van der Waals surface area contributed by atoms with Crippen molar-refractivity contribution in [1.82, 2.24) is 15.5 Å². The van der Waals surface area contributed by atoms with Crippen LogP contribution in [0.15, 0.2) is 0 Å². The molecular weight excluding hydrogens is 190 g/mol. The Morgan fingerprint density at radius 3 is 2.80 bits per heavy atom. The number of amides is 2. The van der Waals surface area contributed by atoms with Crippen LogP contribution in [0.4, 0.5) is 4.79 Å². The van der Waals surface area contributed by atoms with E-state index in [1.807, 2.05) is 4.90 Å². The van der Waals surface area contributed by atoms with Crippen molar-refractivity contribution in [3.63, 3.8) is 0 Å². The first-order chi connectivity index (χ1) is 7.36. The average molecular weight is 211 g/mol. The number of rotatable bonds is 4. The second kappa shape index (κ2) is 5.35. The van der Waals surface area contributed by atoms with E-state index in [9.17, 15) is 4.79 Å². The van der Waals surface area contributed by atoms with Crippen LogP contribution >= 0.6 is 0 Å². The van der Waals surface area contributed by atoms with Gasteiger partial charge in [0.1, 0.15) is 0 Å². The first kappa shape index (κ1) is 10.7. The molecule has 2 rings (SSSR count). The Kier molecular flexibility index (Phi) is 3.83. The Hall–Kier alpha value is -0.770. The lowest BCUT2D eigenvalue weighted by Crippen LogP contribution is -2.39. The summed E-state index contributed by atoms with van der Waals surface area (Å²) in [5.41, 5.74) is 0. The van der Waals surface area contributed by atoms with E-state index >= 15 is 0 Å². The predicted molar refractivity (Wildman–Crippen MR) is 59.8 cm³/mol. The molecule has 0 aromatic rings. The van der Waals surface area contributed by atoms with Gasteiger partial charge in [0, 0.05) is 32.2 Å². The Bertz CT molecular complexity index is 214. The van der Waals surface area contributed by atoms with E-state index in [1.165, 1.54) is 32.1 Å². The summed E-state index contributed by atoms with van der Waals surface area (Å²) in [6, 6.07) is 0.796. The quantitative estimate of drug-likeness (QED) is 0.726. The predicted octanol–water partition coefficient (Wildman–Crippen LogP) is 0.934. The molecule has 2 amide bonds. The molecular formula is C11H21N3O. The maximum Gasteiger partial charge on any atom is 0.317 e. The van der Waals surface area contributed by atoms with Gasteiger partial charge < -0.3 is 15.5 Å². The highest BCUT2D eigenvalue weighted by molar-refractivity contribution is 5.76. The zero-order valence-corrected chi connectivity index (χ0v) is 9.30. The van der Waals surface area contributed by atoms with Gasteiger partial charge in [0.2, 0.25) is 0 Å². The van der Waals surface area contributed by atoms with Crippen molar-refractivity contribution >= 4 is 6.03 Å². The number of carbonyl (C=O) groups excluding carboxylic acids is 1. The fourth-order valence-corrected chi connectivity index (χ4v) is 2.43. The molecule has 1 aliphatic heterocycles. The lowest BCUT2D eigenvalue weighted by Gasteiger charge is -2.24. The van der Waals surface area contributed by atoms with Crippen LogP contribution in [-0.4, -0.2) is 43.2 Å². The molecule has 1 aliphatic carbocycles. The summed E-state index contributed by atoms with van der Waals surface area (Å²) in [4.78, 5) is 13.1. The summed E-state index contributed by atoms with van der Waals surface area (Å²) >= 11 is 0. The largest absolute Gasteiger partial charge is 0.336 e. The third-order valence-electron chi connectivity index (χ3n) is 3.37. The van der Waals surface area contributed by atoms with Crippen LogP contribution < -0.4 is 10.6 Å². The van der Waals surface area contributed by atoms with Gasteiger partial charge in [-0.3, -0.25) is 0 Å². The van der Waals surface area contributed by atoms with Gasteiger partial charge in [0.05, 0.1) is 0 Å². The molecule has 0 aromatic heterocycles. The molecule has 0 unspecified atom stereocenters. The molecule has 2 N–H and O–H groups in total. The van der Waals surface area contributed by atoms with Gasteiger partial charge >= 0.3 is 6.03 Å². The summed E-state index contributed by atoms with van der Waals surface area (Å²) in [7, 11) is 0. The van der Waals surface area contributed by atoms with Crippen molar-refractivity contribution < 1.29 is 4.79 Å². The minimum Gasteiger partial charge on any atom is -0.336 e. The molecule has 1 heterocycles. The number of carbonyl (C=O) groups is 1. The number of hydrogen-bond donors (Lipinski definition) is 2. The van der Waals surface area contributed by atoms with Crippen molar-refractivity contribution in [3.05, 3.63) is 0 Å². The van der Waals surface area contributed by atoms with Crippen LogP contribution in [0.25, 0.3) is 0 Å². The van der Waals surface area contributed by atoms with Gasteiger partial charge in [0.25, 0.3) is 0 Å². The summed E-state index contributed by atoms with van der Waals surface area (Å²) in [5.74, 6) is 0. The molecule has 2 aliphatic rings. The molecule has 86 valence electrons. The van der Waals surface area contributed by atoms with E-state index in [2.05, 4.69) is 10.6 Å². The van der Waals surface area contributed by atoms with Crippen LogP contribution in [0.1, 0.15) is 32.1 Å². The van der Waals surface area contributed by atoms with Gasteiger partial charge in [0.15, 0.2) is 0 Å². The fourth-order valence-electron chi connectivity index (χ4n) is 2.43. The molecule has 4 heteroatoms. The number of nitrogens with one attached hydrogen (secondary N) is 2. The normalized spacial score (nSPS) is 23.2. The Balaban J connectivity index is 1.59. The monoisotopic (exact) mass is 211 g/mol. The average Bonchev–Trinajstić information content (AvgIpc) is 2.66. The highest BCUT2D eigenvalue weighted by Gasteiger charge is 2.19. The molecule has 0 spiro atoms. The van der Waals surface area contributed by atoms with E-state index in [0.717, 1.165) is 26.2 Å². The smallest absolute Gasteiger partial charge is 0.317 e. The van der Waals surface area contributed by atoms with Crippen molar-refractivity contribution in [3.8, 4) is 0 Å². The van der Waals surface area contributed by atoms with Crippen LogP contribution in [0.5, 0.6) is 0 Å². The maximum atomic E-state index is 11.2. The van der Waals surface area contributed by atoms with Crippen LogP contribution in [0, 0.1) is 0 Å². The zero-order valence-electron chi connectivity index (χ0n) is 9.30. The van der Waals surface area contributed by atoms with Crippen molar-refractivity contribution in [2.24, 2.45) is 0 Å². The molecule has 15 heavy (non-hydrogen) atoms. The van der Waals surface area contributed by atoms with Gasteiger partial charge in [-0.2, -0.15) is 0 Å². The zero-order chi connectivity index (χ0) is 10.5. The highest BCUT2D eigenvalue weighted by atomic mass is 16.2. The minimum atomic E-state index is 0.0976. The van der Waals surface area contributed by atoms with Crippen molar-refractivity contribution in [1.29, 1.82) is 0 Å². The first-order valence-corrected chi connectivity index (χ1v) is 6.12. The standard InChI is InChI=1S/C11H21N3O/c15-11-13-7-9-14(11)8-6-12-10-4-2-1-3-5-10/h10,12H,1-9H2,(H,13,15). The molecule has 2 fully saturated rings. The molecule has 0 atom stereocenters. The van der Waals surface area contributed by atoms with Gasteiger partial charge in [-0.05, 0) is 12.8 Å². The molecule has 4 nitrogen and oxygen atoms in total. The highest BCUT2D eigenvalue weighted by Crippen LogP contribution is 2.16. The summed E-state index contributed by atoms with van der Waals surface area (Å²) < 4.78 is 0. The second-order valence-corrected chi connectivity index (χ2v) is 4.51. The van der Waals surface area contributed by atoms with E-state index in [4.69, 9.17) is 0 Å². The van der Waals surface area contributed by atoms with Gasteiger partial charge in [-0.15, -0.1) is 0 Å². The maximum absolute atomic E-state index is 11.2. The molecule has 1 saturated carbocycles. The SMILES string of the molecule is O=C1NCCN1CCNC1CCCCC1. The van der Waals surface area contributed by atoms with Crippen LogP contribution in [0.2, 0.25) is 0 Å². The number of hydrogen-bond acceptors (Lipinski definition) is 2. The molecule has 0 radical (unpaired) electrons. The fraction of sp³-hybridized carbons (Fsp3) is 0.909. The topological polar surface area (TPSA) is 44.4 Å². The summed E-state index contributed by atoms with van der Waals surface area (Å²) in [6.07, 6.45) is 6.74. The van der Waals surface area contributed by atoms with Crippen LogP contribution in [-0.2, 0) is 0 Å². The van der Waals surface area contributed by atoms with Gasteiger partial charge in [-0.25, -0.2) is 4.79 Å². The third kappa shape index (κ3) is 3.09.